The third-order valence-corrected chi connectivity index (χ3v) is 12.0. The molecule has 5 unspecified atom stereocenters. The molecule has 168 valence electrons. The summed E-state index contributed by atoms with van der Waals surface area (Å²) in [7, 11) is 0. The molecule has 0 amide bonds. The molecule has 6 aliphatic carbocycles. The Hall–Kier alpha value is -1.36. The van der Waals surface area contributed by atoms with E-state index in [2.05, 4.69) is 33.1 Å². The highest BCUT2D eigenvalue weighted by atomic mass is 16.1. The van der Waals surface area contributed by atoms with E-state index in [0.29, 0.717) is 40.8 Å². The number of hydrogen-bond acceptors (Lipinski definition) is 2. The molecule has 2 bridgehead atoms. The van der Waals surface area contributed by atoms with Crippen molar-refractivity contribution in [1.29, 1.82) is 5.26 Å². The van der Waals surface area contributed by atoms with Crippen molar-refractivity contribution in [3.63, 3.8) is 0 Å². The first kappa shape index (κ1) is 21.5. The minimum Gasteiger partial charge on any atom is -0.299 e. The fraction of sp³-hybridized carbons (Fsp3) is 0.793. The number of nitriles is 1. The molecule has 0 N–H and O–H groups in total. The quantitative estimate of drug-likeness (QED) is 0.387. The van der Waals surface area contributed by atoms with Gasteiger partial charge in [0.2, 0.25) is 0 Å². The second-order valence-corrected chi connectivity index (χ2v) is 12.3. The van der Waals surface area contributed by atoms with Gasteiger partial charge in [-0.15, -0.1) is 0 Å². The zero-order valence-electron chi connectivity index (χ0n) is 20.2. The zero-order valence-corrected chi connectivity index (χ0v) is 20.2. The molecule has 0 saturated heterocycles. The van der Waals surface area contributed by atoms with Gasteiger partial charge in [-0.3, -0.25) is 4.79 Å². The molecule has 6 saturated carbocycles. The molecule has 9 atom stereocenters. The lowest BCUT2D eigenvalue weighted by Crippen LogP contribution is -2.60. The van der Waals surface area contributed by atoms with E-state index in [1.165, 1.54) is 50.5 Å². The van der Waals surface area contributed by atoms with Crippen molar-refractivity contribution in [1.82, 2.24) is 0 Å². The first-order valence-corrected chi connectivity index (χ1v) is 13.0. The molecule has 0 aromatic carbocycles. The first-order valence-electron chi connectivity index (χ1n) is 13.0. The van der Waals surface area contributed by atoms with E-state index >= 15 is 0 Å². The van der Waals surface area contributed by atoms with Crippen LogP contribution in [0.1, 0.15) is 91.9 Å². The van der Waals surface area contributed by atoms with E-state index < -0.39 is 5.41 Å². The maximum Gasteiger partial charge on any atom is 0.141 e. The number of nitrogens with zero attached hydrogens (tertiary/aromatic N) is 1. The number of carbonyl (C=O) groups is 1. The van der Waals surface area contributed by atoms with Gasteiger partial charge in [0, 0.05) is 6.42 Å². The van der Waals surface area contributed by atoms with E-state index in [0.717, 1.165) is 24.3 Å². The molecule has 6 fully saturated rings. The monoisotopic (exact) mass is 419 g/mol. The third kappa shape index (κ3) is 2.22. The summed E-state index contributed by atoms with van der Waals surface area (Å²) in [4.78, 5) is 13.0. The van der Waals surface area contributed by atoms with Crippen molar-refractivity contribution >= 4 is 5.78 Å². The molecule has 0 aromatic rings. The van der Waals surface area contributed by atoms with Crippen molar-refractivity contribution in [2.75, 3.05) is 0 Å². The van der Waals surface area contributed by atoms with Crippen molar-refractivity contribution in [2.45, 2.75) is 91.9 Å². The van der Waals surface area contributed by atoms with Gasteiger partial charge < -0.3 is 0 Å². The van der Waals surface area contributed by atoms with Gasteiger partial charge in [0.25, 0.3) is 0 Å². The molecule has 6 aliphatic rings. The molecular weight excluding hydrogens is 378 g/mol. The van der Waals surface area contributed by atoms with Gasteiger partial charge in [-0.1, -0.05) is 52.0 Å². The molecule has 2 nitrogen and oxygen atoms in total. The largest absolute Gasteiger partial charge is 0.299 e. The van der Waals surface area contributed by atoms with Crippen LogP contribution in [0.25, 0.3) is 0 Å². The Labute approximate surface area is 189 Å². The molecule has 0 aliphatic heterocycles. The van der Waals surface area contributed by atoms with E-state index in [-0.39, 0.29) is 11.3 Å². The van der Waals surface area contributed by atoms with Crippen molar-refractivity contribution < 1.29 is 4.79 Å². The normalized spacial score (nSPS) is 54.2. The van der Waals surface area contributed by atoms with Crippen LogP contribution in [0.2, 0.25) is 0 Å². The lowest BCUT2D eigenvalue weighted by Gasteiger charge is -2.63. The average molecular weight is 420 g/mol. The van der Waals surface area contributed by atoms with Crippen molar-refractivity contribution in [3.05, 3.63) is 24.3 Å². The van der Waals surface area contributed by atoms with Gasteiger partial charge in [0.15, 0.2) is 0 Å². The summed E-state index contributed by atoms with van der Waals surface area (Å²) >= 11 is 0. The number of hydrogen-bond donors (Lipinski definition) is 0. The highest BCUT2D eigenvalue weighted by Crippen LogP contribution is 2.79. The summed E-state index contributed by atoms with van der Waals surface area (Å²) in [5.74, 6) is 2.48. The van der Waals surface area contributed by atoms with Crippen LogP contribution in [-0.2, 0) is 4.79 Å². The summed E-state index contributed by atoms with van der Waals surface area (Å²) in [6.07, 6.45) is 11.5. The fourth-order valence-electron chi connectivity index (χ4n) is 10.6. The second-order valence-electron chi connectivity index (χ2n) is 12.3. The number of allylic oxidation sites excluding steroid dienone is 2. The zero-order chi connectivity index (χ0) is 22.4. The minimum absolute atomic E-state index is 0.0166. The molecule has 0 aromatic heterocycles. The van der Waals surface area contributed by atoms with Gasteiger partial charge in [0.1, 0.15) is 5.78 Å². The van der Waals surface area contributed by atoms with Gasteiger partial charge in [-0.25, -0.2) is 0 Å². The maximum atomic E-state index is 13.0. The van der Waals surface area contributed by atoms with Crippen LogP contribution in [-0.4, -0.2) is 5.78 Å². The Morgan fingerprint density at radius 2 is 1.65 bits per heavy atom. The van der Waals surface area contributed by atoms with Crippen LogP contribution in [0.15, 0.2) is 24.3 Å². The van der Waals surface area contributed by atoms with Crippen LogP contribution in [0.3, 0.4) is 0 Å². The molecule has 31 heavy (non-hydrogen) atoms. The Morgan fingerprint density at radius 3 is 2.29 bits per heavy atom. The Morgan fingerprint density at radius 1 is 0.968 bits per heavy atom. The molecule has 0 radical (unpaired) electrons. The Balaban J connectivity index is 0.000000994. The predicted octanol–water partition coefficient (Wildman–Crippen LogP) is 7.27. The van der Waals surface area contributed by atoms with Crippen LogP contribution >= 0.6 is 0 Å². The first-order chi connectivity index (χ1) is 14.7. The van der Waals surface area contributed by atoms with Crippen LogP contribution < -0.4 is 0 Å². The second kappa shape index (κ2) is 6.59. The SMILES string of the molecule is C=C1CC[C@@]2(CCC3C4C(CCC32C)C2(C)CCC(=O)[C@H]3C(=C)[C@@H]4C[C@]32C#N)C1.CC. The van der Waals surface area contributed by atoms with Gasteiger partial charge in [0.05, 0.1) is 17.4 Å². The topological polar surface area (TPSA) is 40.9 Å². The van der Waals surface area contributed by atoms with E-state index in [9.17, 15) is 10.1 Å². The molecular formula is C29H41NO. The summed E-state index contributed by atoms with van der Waals surface area (Å²) in [5.41, 5.74) is 3.00. The number of fused-ring (bicyclic) bond motifs is 7. The van der Waals surface area contributed by atoms with Crippen molar-refractivity contribution in [3.8, 4) is 6.07 Å². The maximum absolute atomic E-state index is 13.0. The molecule has 6 rings (SSSR count). The van der Waals surface area contributed by atoms with E-state index in [1.807, 2.05) is 13.8 Å². The molecule has 2 heteroatoms. The Kier molecular flexibility index (Phi) is 4.56. The number of ketones is 1. The van der Waals surface area contributed by atoms with Gasteiger partial charge in [-0.05, 0) is 97.7 Å². The minimum atomic E-state index is -0.475. The third-order valence-electron chi connectivity index (χ3n) is 12.0. The van der Waals surface area contributed by atoms with Crippen LogP contribution in [0, 0.1) is 62.6 Å². The van der Waals surface area contributed by atoms with Crippen LogP contribution in [0.4, 0.5) is 0 Å². The lowest BCUT2D eigenvalue weighted by atomic mass is 9.39. The average Bonchev–Trinajstić information content (AvgIpc) is 3.39. The summed E-state index contributed by atoms with van der Waals surface area (Å²) in [6.45, 7) is 17.9. The van der Waals surface area contributed by atoms with E-state index in [1.54, 1.807) is 0 Å². The summed E-state index contributed by atoms with van der Waals surface area (Å²) < 4.78 is 0. The summed E-state index contributed by atoms with van der Waals surface area (Å²) in [5, 5.41) is 10.4. The van der Waals surface area contributed by atoms with Gasteiger partial charge in [-0.2, -0.15) is 5.26 Å². The standard InChI is InChI=1S/C27H35NO.C2H6/c1-16-5-11-26(13-16)12-7-19-22-18-14-27(15-28)23(17(18)2)21(29)8-10-25(27,4)20(22)6-9-24(19,26)3;1-2/h18-20,22-23H,1-2,5-14H2,3-4H3;1-2H3/t18-,19?,20?,22?,23+,24?,25?,26+,27-;/m0./s1. The van der Waals surface area contributed by atoms with Gasteiger partial charge >= 0.3 is 0 Å². The van der Waals surface area contributed by atoms with Crippen molar-refractivity contribution in [2.24, 2.45) is 51.2 Å². The lowest BCUT2D eigenvalue weighted by molar-refractivity contribution is -0.161. The number of carbonyl (C=O) groups excluding carboxylic acids is 1. The van der Waals surface area contributed by atoms with Crippen LogP contribution in [0.5, 0.6) is 0 Å². The summed E-state index contributed by atoms with van der Waals surface area (Å²) in [6, 6.07) is 2.78. The predicted molar refractivity (Wildman–Crippen MR) is 125 cm³/mol. The Bertz CT molecular complexity index is 895. The number of rotatable bonds is 0. The highest BCUT2D eigenvalue weighted by Gasteiger charge is 2.75. The fourth-order valence-corrected chi connectivity index (χ4v) is 10.6. The molecule has 1 spiro atoms. The molecule has 0 heterocycles. The van der Waals surface area contributed by atoms with E-state index in [4.69, 9.17) is 0 Å². The highest BCUT2D eigenvalue weighted by molar-refractivity contribution is 5.87. The number of Topliss-reactive ketones (excluding diaryl/α,β-unsaturated/α-hetero) is 1. The smallest absolute Gasteiger partial charge is 0.141 e.